The van der Waals surface area contributed by atoms with Crippen LogP contribution in [0, 0.1) is 0 Å². The average molecular weight is 262 g/mol. The van der Waals surface area contributed by atoms with Crippen LogP contribution in [0.5, 0.6) is 0 Å². The van der Waals surface area contributed by atoms with Crippen molar-refractivity contribution < 1.29 is 14.7 Å². The smallest absolute Gasteiger partial charge is 0.338 e. The molecule has 1 fully saturated rings. The van der Waals surface area contributed by atoms with Crippen LogP contribution in [-0.2, 0) is 0 Å². The van der Waals surface area contributed by atoms with Gasteiger partial charge in [-0.25, -0.2) is 4.79 Å². The van der Waals surface area contributed by atoms with Gasteiger partial charge in [0.2, 0.25) is 0 Å². The molecule has 5 nitrogen and oxygen atoms in total. The highest BCUT2D eigenvalue weighted by molar-refractivity contribution is 6.04. The van der Waals surface area contributed by atoms with Crippen LogP contribution in [0.1, 0.15) is 52.8 Å². The monoisotopic (exact) mass is 262 g/mol. The summed E-state index contributed by atoms with van der Waals surface area (Å²) in [4.78, 5) is 29.1. The Balaban J connectivity index is 2.20. The number of pyridine rings is 1. The van der Waals surface area contributed by atoms with Gasteiger partial charge in [0.05, 0.1) is 11.1 Å². The van der Waals surface area contributed by atoms with E-state index in [2.05, 4.69) is 4.98 Å². The quantitative estimate of drug-likeness (QED) is 0.886. The van der Waals surface area contributed by atoms with E-state index in [0.29, 0.717) is 13.1 Å². The third-order valence-electron chi connectivity index (χ3n) is 3.43. The van der Waals surface area contributed by atoms with E-state index in [4.69, 9.17) is 5.11 Å². The first kappa shape index (κ1) is 13.5. The predicted octanol–water partition coefficient (Wildman–Crippen LogP) is 2.19. The number of aromatic carboxylic acids is 1. The molecule has 1 amide bonds. The lowest BCUT2D eigenvalue weighted by atomic mass is 10.1. The maximum absolute atomic E-state index is 12.4. The number of carbonyl (C=O) groups excluding carboxylic acids is 1. The molecule has 1 aliphatic rings. The molecule has 2 rings (SSSR count). The molecule has 0 aromatic carbocycles. The minimum absolute atomic E-state index is 0.0189. The summed E-state index contributed by atoms with van der Waals surface area (Å²) in [5.41, 5.74) is 0.220. The zero-order valence-electron chi connectivity index (χ0n) is 10.8. The zero-order valence-corrected chi connectivity index (χ0v) is 10.8. The third-order valence-corrected chi connectivity index (χ3v) is 3.43. The average Bonchev–Trinajstić information content (AvgIpc) is 2.37. The van der Waals surface area contributed by atoms with Gasteiger partial charge in [-0.3, -0.25) is 9.78 Å². The first-order chi connectivity index (χ1) is 9.20. The van der Waals surface area contributed by atoms with Gasteiger partial charge in [-0.15, -0.1) is 0 Å². The molecule has 0 atom stereocenters. The lowest BCUT2D eigenvalue weighted by molar-refractivity contribution is 0.0671. The molecule has 1 aromatic rings. The molecule has 5 heteroatoms. The summed E-state index contributed by atoms with van der Waals surface area (Å²) in [6, 6.07) is 1.49. The highest BCUT2D eigenvalue weighted by atomic mass is 16.4. The first-order valence-corrected chi connectivity index (χ1v) is 6.66. The second-order valence-corrected chi connectivity index (χ2v) is 4.79. The Morgan fingerprint density at radius 3 is 2.32 bits per heavy atom. The van der Waals surface area contributed by atoms with Gasteiger partial charge >= 0.3 is 5.97 Å². The number of amides is 1. The van der Waals surface area contributed by atoms with Crippen LogP contribution >= 0.6 is 0 Å². The summed E-state index contributed by atoms with van der Waals surface area (Å²) in [6.45, 7) is 1.42. The number of carboxylic acid groups (broad SMARTS) is 1. The molecule has 0 aliphatic carbocycles. The molecule has 1 saturated heterocycles. The Hall–Kier alpha value is -1.91. The van der Waals surface area contributed by atoms with Crippen molar-refractivity contribution in [2.24, 2.45) is 0 Å². The van der Waals surface area contributed by atoms with Crippen LogP contribution in [-0.4, -0.2) is 40.0 Å². The number of hydrogen-bond donors (Lipinski definition) is 1. The molecule has 1 aromatic heterocycles. The normalized spacial score (nSPS) is 16.5. The Morgan fingerprint density at radius 1 is 1.05 bits per heavy atom. The molecule has 0 spiro atoms. The zero-order chi connectivity index (χ0) is 13.7. The van der Waals surface area contributed by atoms with Crippen LogP contribution in [0.3, 0.4) is 0 Å². The van der Waals surface area contributed by atoms with Crippen molar-refractivity contribution in [1.82, 2.24) is 9.88 Å². The molecule has 0 bridgehead atoms. The number of nitrogens with zero attached hydrogens (tertiary/aromatic N) is 2. The van der Waals surface area contributed by atoms with E-state index in [1.165, 1.54) is 24.9 Å². The van der Waals surface area contributed by atoms with Crippen LogP contribution in [0.25, 0.3) is 0 Å². The van der Waals surface area contributed by atoms with E-state index in [1.54, 1.807) is 4.90 Å². The van der Waals surface area contributed by atoms with Crippen molar-refractivity contribution in [3.05, 3.63) is 29.6 Å². The fraction of sp³-hybridized carbons (Fsp3) is 0.500. The van der Waals surface area contributed by atoms with Crippen molar-refractivity contribution in [2.45, 2.75) is 32.1 Å². The maximum atomic E-state index is 12.4. The highest BCUT2D eigenvalue weighted by Gasteiger charge is 2.22. The second-order valence-electron chi connectivity index (χ2n) is 4.79. The van der Waals surface area contributed by atoms with Gasteiger partial charge < -0.3 is 10.0 Å². The summed E-state index contributed by atoms with van der Waals surface area (Å²) < 4.78 is 0. The number of rotatable bonds is 2. The SMILES string of the molecule is O=C(O)c1cnccc1C(=O)N1CCCCCCC1. The van der Waals surface area contributed by atoms with E-state index >= 15 is 0 Å². The second kappa shape index (κ2) is 6.31. The fourth-order valence-corrected chi connectivity index (χ4v) is 2.37. The summed E-state index contributed by atoms with van der Waals surface area (Å²) in [5, 5.41) is 9.10. The van der Waals surface area contributed by atoms with Crippen molar-refractivity contribution in [3.8, 4) is 0 Å². The van der Waals surface area contributed by atoms with E-state index in [0.717, 1.165) is 25.7 Å². The largest absolute Gasteiger partial charge is 0.478 e. The number of likely N-dealkylation sites (tertiary alicyclic amines) is 1. The van der Waals surface area contributed by atoms with Crippen molar-refractivity contribution in [2.75, 3.05) is 13.1 Å². The minimum atomic E-state index is -1.11. The van der Waals surface area contributed by atoms with Crippen LogP contribution in [0.4, 0.5) is 0 Å². The molecule has 19 heavy (non-hydrogen) atoms. The van der Waals surface area contributed by atoms with Gasteiger partial charge in [0.25, 0.3) is 5.91 Å². The van der Waals surface area contributed by atoms with E-state index in [-0.39, 0.29) is 17.0 Å². The molecule has 102 valence electrons. The summed E-state index contributed by atoms with van der Waals surface area (Å²) in [7, 11) is 0. The van der Waals surface area contributed by atoms with Gasteiger partial charge in [0.1, 0.15) is 0 Å². The summed E-state index contributed by atoms with van der Waals surface area (Å²) in [6.07, 6.45) is 8.15. The standard InChI is InChI=1S/C14H18N2O3/c17-13(16-8-4-2-1-3-5-9-16)11-6-7-15-10-12(11)14(18)19/h6-7,10H,1-5,8-9H2,(H,18,19). The molecule has 1 N–H and O–H groups in total. The Morgan fingerprint density at radius 2 is 1.68 bits per heavy atom. The molecular weight excluding hydrogens is 244 g/mol. The molecule has 0 saturated carbocycles. The molecule has 1 aliphatic heterocycles. The van der Waals surface area contributed by atoms with Crippen LogP contribution in [0.2, 0.25) is 0 Å². The lowest BCUT2D eigenvalue weighted by Crippen LogP contribution is -2.34. The maximum Gasteiger partial charge on any atom is 0.338 e. The van der Waals surface area contributed by atoms with Gasteiger partial charge in [-0.05, 0) is 18.9 Å². The van der Waals surface area contributed by atoms with Crippen molar-refractivity contribution in [3.63, 3.8) is 0 Å². The molecule has 0 radical (unpaired) electrons. The van der Waals surface area contributed by atoms with Gasteiger partial charge in [-0.2, -0.15) is 0 Å². The van der Waals surface area contributed by atoms with E-state index in [9.17, 15) is 9.59 Å². The Kier molecular flexibility index (Phi) is 4.49. The minimum Gasteiger partial charge on any atom is -0.478 e. The van der Waals surface area contributed by atoms with Gasteiger partial charge in [-0.1, -0.05) is 19.3 Å². The predicted molar refractivity (Wildman–Crippen MR) is 70.2 cm³/mol. The molecule has 2 heterocycles. The molecule has 0 unspecified atom stereocenters. The van der Waals surface area contributed by atoms with Crippen molar-refractivity contribution in [1.29, 1.82) is 0 Å². The van der Waals surface area contributed by atoms with Gasteiger partial charge in [0.15, 0.2) is 0 Å². The van der Waals surface area contributed by atoms with Crippen LogP contribution in [0.15, 0.2) is 18.5 Å². The van der Waals surface area contributed by atoms with Crippen molar-refractivity contribution >= 4 is 11.9 Å². The van der Waals surface area contributed by atoms with Gasteiger partial charge in [0, 0.05) is 25.5 Å². The fourth-order valence-electron chi connectivity index (χ4n) is 2.37. The van der Waals surface area contributed by atoms with E-state index < -0.39 is 5.97 Å². The topological polar surface area (TPSA) is 70.5 Å². The lowest BCUT2D eigenvalue weighted by Gasteiger charge is -2.25. The number of carbonyl (C=O) groups is 2. The summed E-state index contributed by atoms with van der Waals surface area (Å²) >= 11 is 0. The number of hydrogen-bond acceptors (Lipinski definition) is 3. The Labute approximate surface area is 112 Å². The number of carboxylic acids is 1. The molecular formula is C14H18N2O3. The summed E-state index contributed by atoms with van der Waals surface area (Å²) in [5.74, 6) is -1.30. The highest BCUT2D eigenvalue weighted by Crippen LogP contribution is 2.15. The van der Waals surface area contributed by atoms with E-state index in [1.807, 2.05) is 0 Å². The number of aromatic nitrogens is 1. The third kappa shape index (κ3) is 3.30. The van der Waals surface area contributed by atoms with Crippen LogP contribution < -0.4 is 0 Å². The first-order valence-electron chi connectivity index (χ1n) is 6.66. The Bertz CT molecular complexity index is 466.